The lowest BCUT2D eigenvalue weighted by atomic mass is 10.1. The van der Waals surface area contributed by atoms with E-state index in [2.05, 4.69) is 0 Å². The van der Waals surface area contributed by atoms with Gasteiger partial charge in [-0.15, -0.1) is 11.8 Å². The fourth-order valence-corrected chi connectivity index (χ4v) is 2.93. The highest BCUT2D eigenvalue weighted by Crippen LogP contribution is 2.25. The third-order valence-electron chi connectivity index (χ3n) is 2.00. The van der Waals surface area contributed by atoms with Crippen LogP contribution in [0.5, 0.6) is 0 Å². The molecule has 2 N–H and O–H groups in total. The van der Waals surface area contributed by atoms with Crippen LogP contribution in [0, 0.1) is 0 Å². The highest BCUT2D eigenvalue weighted by Gasteiger charge is 2.13. The SMILES string of the molecule is CSCCSc1cc(C(=O)O)ccc1C(=O)O. The maximum Gasteiger partial charge on any atom is 0.336 e. The number of rotatable bonds is 6. The molecule has 0 aliphatic heterocycles. The summed E-state index contributed by atoms with van der Waals surface area (Å²) in [6, 6.07) is 4.06. The Kier molecular flexibility index (Phi) is 5.37. The van der Waals surface area contributed by atoms with Gasteiger partial charge in [0.05, 0.1) is 11.1 Å². The number of carboxylic acid groups (broad SMARTS) is 2. The van der Waals surface area contributed by atoms with Crippen molar-refractivity contribution < 1.29 is 19.8 Å². The summed E-state index contributed by atoms with van der Waals surface area (Å²) in [7, 11) is 0. The van der Waals surface area contributed by atoms with Crippen LogP contribution in [0.1, 0.15) is 20.7 Å². The third kappa shape index (κ3) is 3.98. The molecule has 0 unspecified atom stereocenters. The Balaban J connectivity index is 2.98. The van der Waals surface area contributed by atoms with E-state index in [-0.39, 0.29) is 11.1 Å². The first-order valence-electron chi connectivity index (χ1n) is 4.78. The summed E-state index contributed by atoms with van der Waals surface area (Å²) >= 11 is 3.03. The van der Waals surface area contributed by atoms with Gasteiger partial charge >= 0.3 is 11.9 Å². The second-order valence-electron chi connectivity index (χ2n) is 3.16. The van der Waals surface area contributed by atoms with Crippen LogP contribution in [0.15, 0.2) is 23.1 Å². The second kappa shape index (κ2) is 6.56. The average Bonchev–Trinajstić information content (AvgIpc) is 2.28. The molecule has 17 heavy (non-hydrogen) atoms. The molecule has 4 nitrogen and oxygen atoms in total. The van der Waals surface area contributed by atoms with Gasteiger partial charge in [0.1, 0.15) is 0 Å². The van der Waals surface area contributed by atoms with Gasteiger partial charge in [-0.3, -0.25) is 0 Å². The summed E-state index contributed by atoms with van der Waals surface area (Å²) in [5.74, 6) is -0.437. The number of hydrogen-bond acceptors (Lipinski definition) is 4. The van der Waals surface area contributed by atoms with Crippen molar-refractivity contribution in [2.45, 2.75) is 4.90 Å². The van der Waals surface area contributed by atoms with Crippen LogP contribution in [0.4, 0.5) is 0 Å². The van der Waals surface area contributed by atoms with Gasteiger partial charge in [0, 0.05) is 16.4 Å². The van der Waals surface area contributed by atoms with Gasteiger partial charge in [-0.05, 0) is 24.5 Å². The van der Waals surface area contributed by atoms with E-state index in [9.17, 15) is 9.59 Å². The number of carbonyl (C=O) groups is 2. The van der Waals surface area contributed by atoms with E-state index < -0.39 is 11.9 Å². The fraction of sp³-hybridized carbons (Fsp3) is 0.273. The van der Waals surface area contributed by atoms with Crippen molar-refractivity contribution in [3.05, 3.63) is 29.3 Å². The largest absolute Gasteiger partial charge is 0.478 e. The zero-order valence-corrected chi connectivity index (χ0v) is 10.8. The van der Waals surface area contributed by atoms with Gasteiger partial charge in [0.15, 0.2) is 0 Å². The fourth-order valence-electron chi connectivity index (χ4n) is 1.19. The minimum atomic E-state index is -1.05. The normalized spacial score (nSPS) is 10.2. The molecule has 1 aromatic rings. The Labute approximate surface area is 107 Å². The van der Waals surface area contributed by atoms with Crippen LogP contribution in [-0.4, -0.2) is 39.9 Å². The summed E-state index contributed by atoms with van der Waals surface area (Å²) < 4.78 is 0. The van der Waals surface area contributed by atoms with Gasteiger partial charge < -0.3 is 10.2 Å². The van der Waals surface area contributed by atoms with Gasteiger partial charge in [-0.25, -0.2) is 9.59 Å². The Hall–Kier alpha value is -1.14. The Morgan fingerprint density at radius 2 is 1.88 bits per heavy atom. The van der Waals surface area contributed by atoms with Crippen molar-refractivity contribution in [2.24, 2.45) is 0 Å². The van der Waals surface area contributed by atoms with E-state index in [4.69, 9.17) is 10.2 Å². The third-order valence-corrected chi connectivity index (χ3v) is 3.93. The van der Waals surface area contributed by atoms with Crippen LogP contribution in [-0.2, 0) is 0 Å². The molecule has 6 heteroatoms. The molecule has 0 bridgehead atoms. The molecule has 0 heterocycles. The van der Waals surface area contributed by atoms with Crippen molar-refractivity contribution in [2.75, 3.05) is 17.8 Å². The van der Waals surface area contributed by atoms with Crippen molar-refractivity contribution in [3.63, 3.8) is 0 Å². The van der Waals surface area contributed by atoms with E-state index in [1.54, 1.807) is 11.8 Å². The standard InChI is InChI=1S/C11H12O4S2/c1-16-4-5-17-9-6-7(10(12)13)2-3-8(9)11(14)15/h2-3,6H,4-5H2,1H3,(H,12,13)(H,14,15). The van der Waals surface area contributed by atoms with Gasteiger partial charge in [-0.2, -0.15) is 11.8 Å². The van der Waals surface area contributed by atoms with Gasteiger partial charge in [0.25, 0.3) is 0 Å². The van der Waals surface area contributed by atoms with Crippen LogP contribution in [0.2, 0.25) is 0 Å². The predicted octanol–water partition coefficient (Wildman–Crippen LogP) is 2.54. The molecule has 0 spiro atoms. The Morgan fingerprint density at radius 1 is 1.18 bits per heavy atom. The summed E-state index contributed by atoms with van der Waals surface area (Å²) in [4.78, 5) is 22.3. The number of benzene rings is 1. The second-order valence-corrected chi connectivity index (χ2v) is 5.28. The molecule has 0 radical (unpaired) electrons. The van der Waals surface area contributed by atoms with Crippen molar-refractivity contribution in [1.82, 2.24) is 0 Å². The molecule has 0 aliphatic rings. The molecule has 0 saturated heterocycles. The molecule has 0 aromatic heterocycles. The monoisotopic (exact) mass is 272 g/mol. The molecule has 0 fully saturated rings. The van der Waals surface area contributed by atoms with Gasteiger partial charge in [0.2, 0.25) is 0 Å². The Morgan fingerprint density at radius 3 is 2.41 bits per heavy atom. The van der Waals surface area contributed by atoms with Crippen LogP contribution >= 0.6 is 23.5 Å². The van der Waals surface area contributed by atoms with Crippen molar-refractivity contribution in [3.8, 4) is 0 Å². The number of aromatic carboxylic acids is 2. The quantitative estimate of drug-likeness (QED) is 0.612. The number of carboxylic acids is 2. The van der Waals surface area contributed by atoms with Crippen LogP contribution in [0.25, 0.3) is 0 Å². The highest BCUT2D eigenvalue weighted by molar-refractivity contribution is 8.02. The lowest BCUT2D eigenvalue weighted by Crippen LogP contribution is -2.03. The lowest BCUT2D eigenvalue weighted by molar-refractivity contribution is 0.0678. The topological polar surface area (TPSA) is 74.6 Å². The van der Waals surface area contributed by atoms with E-state index in [0.29, 0.717) is 4.90 Å². The van der Waals surface area contributed by atoms with E-state index in [1.165, 1.54) is 30.0 Å². The summed E-state index contributed by atoms with van der Waals surface area (Å²) in [6.45, 7) is 0. The molecule has 1 aromatic carbocycles. The molecular weight excluding hydrogens is 260 g/mol. The van der Waals surface area contributed by atoms with E-state index in [0.717, 1.165) is 11.5 Å². The Bertz CT molecular complexity index is 431. The summed E-state index contributed by atoms with van der Waals surface area (Å²) in [6.07, 6.45) is 1.96. The average molecular weight is 272 g/mol. The summed E-state index contributed by atoms with van der Waals surface area (Å²) in [5, 5.41) is 17.8. The van der Waals surface area contributed by atoms with Crippen LogP contribution < -0.4 is 0 Å². The lowest BCUT2D eigenvalue weighted by Gasteiger charge is -2.06. The smallest absolute Gasteiger partial charge is 0.336 e. The first-order valence-corrected chi connectivity index (χ1v) is 7.16. The van der Waals surface area contributed by atoms with Crippen molar-refractivity contribution >= 4 is 35.5 Å². The maximum absolute atomic E-state index is 11.0. The predicted molar refractivity (Wildman–Crippen MR) is 69.5 cm³/mol. The first kappa shape index (κ1) is 13.9. The van der Waals surface area contributed by atoms with Crippen LogP contribution in [0.3, 0.4) is 0 Å². The first-order chi connectivity index (χ1) is 8.06. The zero-order valence-electron chi connectivity index (χ0n) is 9.17. The van der Waals surface area contributed by atoms with E-state index >= 15 is 0 Å². The number of thioether (sulfide) groups is 2. The van der Waals surface area contributed by atoms with E-state index in [1.807, 2.05) is 6.26 Å². The maximum atomic E-state index is 11.0. The van der Waals surface area contributed by atoms with Crippen molar-refractivity contribution in [1.29, 1.82) is 0 Å². The minimum Gasteiger partial charge on any atom is -0.478 e. The molecule has 0 atom stereocenters. The highest BCUT2D eigenvalue weighted by atomic mass is 32.2. The molecule has 0 amide bonds. The van der Waals surface area contributed by atoms with Gasteiger partial charge in [-0.1, -0.05) is 0 Å². The summed E-state index contributed by atoms with van der Waals surface area (Å²) in [5.41, 5.74) is 0.266. The molecular formula is C11H12O4S2. The molecule has 92 valence electrons. The minimum absolute atomic E-state index is 0.113. The number of hydrogen-bond donors (Lipinski definition) is 2. The molecule has 0 aliphatic carbocycles. The molecule has 1 rings (SSSR count). The molecule has 0 saturated carbocycles. The zero-order chi connectivity index (χ0) is 12.8.